The average molecular weight is 330 g/mol. The summed E-state index contributed by atoms with van der Waals surface area (Å²) in [6.07, 6.45) is 0. The number of hydrogen-bond donors (Lipinski definition) is 1. The van der Waals surface area contributed by atoms with Crippen LogP contribution < -0.4 is 5.32 Å². The van der Waals surface area contributed by atoms with E-state index in [4.69, 9.17) is 11.6 Å². The highest BCUT2D eigenvalue weighted by atomic mass is 79.9. The molecule has 1 N–H and O–H groups in total. The van der Waals surface area contributed by atoms with Gasteiger partial charge in [0.05, 0.1) is 5.69 Å². The minimum absolute atomic E-state index is 0.193. The fourth-order valence-corrected chi connectivity index (χ4v) is 1.93. The minimum atomic E-state index is -0.412. The van der Waals surface area contributed by atoms with Gasteiger partial charge < -0.3 is 5.32 Å². The van der Waals surface area contributed by atoms with Gasteiger partial charge in [-0.1, -0.05) is 17.7 Å². The summed E-state index contributed by atoms with van der Waals surface area (Å²) in [6.45, 7) is 0. The molecule has 18 heavy (non-hydrogen) atoms. The van der Waals surface area contributed by atoms with Crippen LogP contribution in [-0.2, 0) is 0 Å². The fraction of sp³-hybridized carbons (Fsp3) is 0. The van der Waals surface area contributed by atoms with Gasteiger partial charge in [-0.25, -0.2) is 9.37 Å². The molecule has 0 radical (unpaired) electrons. The van der Waals surface area contributed by atoms with Crippen molar-refractivity contribution in [2.24, 2.45) is 0 Å². The topological polar surface area (TPSA) is 42.0 Å². The molecule has 0 aliphatic carbocycles. The molecule has 0 bridgehead atoms. The molecule has 0 aliphatic heterocycles. The highest BCUT2D eigenvalue weighted by molar-refractivity contribution is 9.10. The van der Waals surface area contributed by atoms with E-state index in [2.05, 4.69) is 26.2 Å². The molecule has 0 aliphatic rings. The van der Waals surface area contributed by atoms with Crippen LogP contribution in [0.5, 0.6) is 0 Å². The smallest absolute Gasteiger partial charge is 0.274 e. The Morgan fingerprint density at radius 2 is 2.11 bits per heavy atom. The van der Waals surface area contributed by atoms with Gasteiger partial charge in [-0.05, 0) is 46.3 Å². The summed E-state index contributed by atoms with van der Waals surface area (Å²) in [6, 6.07) is 8.73. The first kappa shape index (κ1) is 13.0. The van der Waals surface area contributed by atoms with E-state index in [9.17, 15) is 9.18 Å². The van der Waals surface area contributed by atoms with Crippen LogP contribution in [0.15, 0.2) is 40.9 Å². The summed E-state index contributed by atoms with van der Waals surface area (Å²) in [7, 11) is 0. The zero-order valence-electron chi connectivity index (χ0n) is 8.95. The molecular formula is C12H7BrClFN2O. The zero-order valence-corrected chi connectivity index (χ0v) is 11.3. The monoisotopic (exact) mass is 328 g/mol. The number of nitrogens with one attached hydrogen (secondary N) is 1. The molecule has 3 nitrogen and oxygen atoms in total. The van der Waals surface area contributed by atoms with Crippen molar-refractivity contribution in [3.05, 3.63) is 57.5 Å². The number of amides is 1. The molecule has 0 fully saturated rings. The van der Waals surface area contributed by atoms with E-state index in [1.807, 2.05) is 0 Å². The Kier molecular flexibility index (Phi) is 3.93. The van der Waals surface area contributed by atoms with Crippen LogP contribution in [-0.4, -0.2) is 10.9 Å². The van der Waals surface area contributed by atoms with E-state index in [1.54, 1.807) is 18.2 Å². The lowest BCUT2D eigenvalue weighted by Crippen LogP contribution is -2.14. The van der Waals surface area contributed by atoms with Gasteiger partial charge in [-0.2, -0.15) is 0 Å². The second-order valence-corrected chi connectivity index (χ2v) is 4.67. The van der Waals surface area contributed by atoms with E-state index >= 15 is 0 Å². The highest BCUT2D eigenvalue weighted by Crippen LogP contribution is 2.23. The summed E-state index contributed by atoms with van der Waals surface area (Å²) in [5.41, 5.74) is 0.655. The number of benzene rings is 1. The molecule has 0 saturated heterocycles. The van der Waals surface area contributed by atoms with Gasteiger partial charge in [-0.3, -0.25) is 4.79 Å². The van der Waals surface area contributed by atoms with E-state index in [0.717, 1.165) is 0 Å². The Labute approximate surface area is 116 Å². The molecule has 2 rings (SSSR count). The van der Waals surface area contributed by atoms with Gasteiger partial charge in [0.15, 0.2) is 0 Å². The van der Waals surface area contributed by atoms with Crippen LogP contribution in [0.1, 0.15) is 10.5 Å². The molecule has 1 aromatic carbocycles. The normalized spacial score (nSPS) is 10.2. The van der Waals surface area contributed by atoms with Gasteiger partial charge in [0, 0.05) is 4.47 Å². The quantitative estimate of drug-likeness (QED) is 0.849. The summed E-state index contributed by atoms with van der Waals surface area (Å²) >= 11 is 8.86. The number of aromatic nitrogens is 1. The van der Waals surface area contributed by atoms with Crippen LogP contribution >= 0.6 is 27.5 Å². The molecule has 1 amide bonds. The van der Waals surface area contributed by atoms with E-state index in [-0.39, 0.29) is 16.7 Å². The predicted octanol–water partition coefficient (Wildman–Crippen LogP) is 3.89. The Morgan fingerprint density at radius 3 is 2.78 bits per heavy atom. The van der Waals surface area contributed by atoms with E-state index in [0.29, 0.717) is 10.2 Å². The molecule has 1 aromatic heterocycles. The Balaban J connectivity index is 2.21. The highest BCUT2D eigenvalue weighted by Gasteiger charge is 2.10. The lowest BCUT2D eigenvalue weighted by atomic mass is 10.3. The van der Waals surface area contributed by atoms with Crippen molar-refractivity contribution in [3.63, 3.8) is 0 Å². The molecular weight excluding hydrogens is 323 g/mol. The maximum atomic E-state index is 12.9. The van der Waals surface area contributed by atoms with Crippen molar-refractivity contribution in [3.8, 4) is 0 Å². The molecule has 2 aromatic rings. The molecule has 6 heteroatoms. The van der Waals surface area contributed by atoms with Gasteiger partial charge >= 0.3 is 0 Å². The third-order valence-corrected chi connectivity index (χ3v) is 2.99. The molecule has 0 saturated carbocycles. The average Bonchev–Trinajstić information content (AvgIpc) is 2.32. The lowest BCUT2D eigenvalue weighted by molar-refractivity contribution is 0.102. The van der Waals surface area contributed by atoms with Crippen molar-refractivity contribution < 1.29 is 9.18 Å². The van der Waals surface area contributed by atoms with Crippen molar-refractivity contribution in [1.29, 1.82) is 0 Å². The molecule has 1 heterocycles. The number of carbonyl (C=O) groups is 1. The molecule has 0 unspecified atom stereocenters. The SMILES string of the molecule is O=C(Nc1ccc(F)cc1Br)c1cccc(Cl)n1. The van der Waals surface area contributed by atoms with Gasteiger partial charge in [-0.15, -0.1) is 0 Å². The number of nitrogens with zero attached hydrogens (tertiary/aromatic N) is 1. The summed E-state index contributed by atoms with van der Waals surface area (Å²) in [5, 5.41) is 2.84. The van der Waals surface area contributed by atoms with Crippen LogP contribution in [0.3, 0.4) is 0 Å². The maximum Gasteiger partial charge on any atom is 0.274 e. The van der Waals surface area contributed by atoms with E-state index in [1.165, 1.54) is 18.2 Å². The molecule has 92 valence electrons. The Bertz CT molecular complexity index is 606. The van der Waals surface area contributed by atoms with Gasteiger partial charge in [0.2, 0.25) is 0 Å². The maximum absolute atomic E-state index is 12.9. The number of anilines is 1. The summed E-state index contributed by atoms with van der Waals surface area (Å²) in [4.78, 5) is 15.7. The Morgan fingerprint density at radius 1 is 1.33 bits per heavy atom. The van der Waals surface area contributed by atoms with Crippen molar-refractivity contribution in [2.75, 3.05) is 5.32 Å². The zero-order chi connectivity index (χ0) is 13.1. The van der Waals surface area contributed by atoms with Gasteiger partial charge in [0.25, 0.3) is 5.91 Å². The number of pyridine rings is 1. The lowest BCUT2D eigenvalue weighted by Gasteiger charge is -2.07. The van der Waals surface area contributed by atoms with Crippen molar-refractivity contribution in [2.45, 2.75) is 0 Å². The summed E-state index contributed by atoms with van der Waals surface area (Å²) in [5.74, 6) is -0.800. The van der Waals surface area contributed by atoms with Crippen LogP contribution in [0.25, 0.3) is 0 Å². The molecule has 0 atom stereocenters. The second kappa shape index (κ2) is 5.46. The van der Waals surface area contributed by atoms with Crippen molar-refractivity contribution >= 4 is 39.1 Å². The van der Waals surface area contributed by atoms with Gasteiger partial charge in [0.1, 0.15) is 16.7 Å². The largest absolute Gasteiger partial charge is 0.320 e. The van der Waals surface area contributed by atoms with Crippen LogP contribution in [0, 0.1) is 5.82 Å². The first-order valence-corrected chi connectivity index (χ1v) is 6.12. The third-order valence-electron chi connectivity index (χ3n) is 2.13. The molecule has 0 spiro atoms. The standard InChI is InChI=1S/C12H7BrClFN2O/c13-8-6-7(15)4-5-9(8)17-12(18)10-2-1-3-11(14)16-10/h1-6H,(H,17,18). The van der Waals surface area contributed by atoms with Crippen LogP contribution in [0.4, 0.5) is 10.1 Å². The summed E-state index contributed by atoms with van der Waals surface area (Å²) < 4.78 is 13.3. The number of halogens is 3. The number of carbonyl (C=O) groups excluding carboxylic acids is 1. The fourth-order valence-electron chi connectivity index (χ4n) is 1.31. The number of rotatable bonds is 2. The number of hydrogen-bond acceptors (Lipinski definition) is 2. The predicted molar refractivity (Wildman–Crippen MR) is 71.3 cm³/mol. The first-order chi connectivity index (χ1) is 8.56. The second-order valence-electron chi connectivity index (χ2n) is 3.42. The van der Waals surface area contributed by atoms with Crippen molar-refractivity contribution in [1.82, 2.24) is 4.98 Å². The van der Waals surface area contributed by atoms with E-state index < -0.39 is 5.91 Å². The van der Waals surface area contributed by atoms with Crippen LogP contribution in [0.2, 0.25) is 5.15 Å². The third kappa shape index (κ3) is 3.05. The first-order valence-electron chi connectivity index (χ1n) is 4.95. The Hall–Kier alpha value is -1.46. The minimum Gasteiger partial charge on any atom is -0.320 e.